The molecule has 23 heavy (non-hydrogen) atoms. The molecular formula is C16H20Cl2N4S. The predicted molar refractivity (Wildman–Crippen MR) is 99.7 cm³/mol. The van der Waals surface area contributed by atoms with Crippen molar-refractivity contribution in [1.29, 1.82) is 0 Å². The van der Waals surface area contributed by atoms with E-state index in [1.54, 1.807) is 17.4 Å². The summed E-state index contributed by atoms with van der Waals surface area (Å²) in [6.07, 6.45) is 3.74. The maximum atomic E-state index is 6.20. The van der Waals surface area contributed by atoms with Crippen molar-refractivity contribution in [3.05, 3.63) is 49.9 Å². The number of halogens is 2. The van der Waals surface area contributed by atoms with Crippen molar-refractivity contribution in [3.63, 3.8) is 0 Å². The molecule has 124 valence electrons. The summed E-state index contributed by atoms with van der Waals surface area (Å²) in [7, 11) is 0. The Hall–Kier alpha value is -1.30. The molecule has 3 N–H and O–H groups in total. The first-order valence-electron chi connectivity index (χ1n) is 7.44. The Kier molecular flexibility index (Phi) is 6.69. The Labute approximate surface area is 150 Å². The molecule has 1 aromatic heterocycles. The van der Waals surface area contributed by atoms with E-state index >= 15 is 0 Å². The van der Waals surface area contributed by atoms with Gasteiger partial charge in [0.1, 0.15) is 0 Å². The summed E-state index contributed by atoms with van der Waals surface area (Å²) in [5.74, 6) is 0.399. The fourth-order valence-corrected chi connectivity index (χ4v) is 3.52. The first-order valence-corrected chi connectivity index (χ1v) is 9.01. The predicted octanol–water partition coefficient (Wildman–Crippen LogP) is 4.22. The SMILES string of the molecule is CCc1cnc(CCN=C(N)NC(C)c2ccc(Cl)cc2Cl)s1. The Bertz CT molecular complexity index is 684. The number of benzene rings is 1. The first kappa shape index (κ1) is 18.0. The van der Waals surface area contributed by atoms with Crippen molar-refractivity contribution in [2.45, 2.75) is 32.7 Å². The molecule has 0 saturated carbocycles. The molecule has 0 aliphatic rings. The number of nitrogens with one attached hydrogen (secondary N) is 1. The minimum atomic E-state index is -0.0462. The van der Waals surface area contributed by atoms with Gasteiger partial charge in [0.05, 0.1) is 11.0 Å². The van der Waals surface area contributed by atoms with Gasteiger partial charge in [0.15, 0.2) is 5.96 Å². The molecule has 0 bridgehead atoms. The summed E-state index contributed by atoms with van der Waals surface area (Å²) >= 11 is 13.8. The van der Waals surface area contributed by atoms with Gasteiger partial charge < -0.3 is 11.1 Å². The minimum absolute atomic E-state index is 0.0462. The number of nitrogens with two attached hydrogens (primary N) is 1. The molecule has 2 aromatic rings. The molecule has 0 amide bonds. The van der Waals surface area contributed by atoms with Crippen LogP contribution >= 0.6 is 34.5 Å². The van der Waals surface area contributed by atoms with Crippen LogP contribution in [0.2, 0.25) is 10.0 Å². The first-order chi connectivity index (χ1) is 11.0. The summed E-state index contributed by atoms with van der Waals surface area (Å²) in [5.41, 5.74) is 6.87. The van der Waals surface area contributed by atoms with E-state index in [1.165, 1.54) is 4.88 Å². The van der Waals surface area contributed by atoms with E-state index < -0.39 is 0 Å². The fraction of sp³-hybridized carbons (Fsp3) is 0.375. The second-order valence-corrected chi connectivity index (χ2v) is 7.17. The topological polar surface area (TPSA) is 63.3 Å². The van der Waals surface area contributed by atoms with Crippen molar-refractivity contribution >= 4 is 40.5 Å². The summed E-state index contributed by atoms with van der Waals surface area (Å²) < 4.78 is 0. The Morgan fingerprint density at radius 1 is 1.43 bits per heavy atom. The lowest BCUT2D eigenvalue weighted by atomic mass is 10.1. The van der Waals surface area contributed by atoms with E-state index in [0.29, 0.717) is 22.5 Å². The number of aryl methyl sites for hydroxylation is 1. The highest BCUT2D eigenvalue weighted by Gasteiger charge is 2.10. The fourth-order valence-electron chi connectivity index (χ4n) is 2.10. The average Bonchev–Trinajstić information content (AvgIpc) is 2.95. The molecule has 1 heterocycles. The highest BCUT2D eigenvalue weighted by Crippen LogP contribution is 2.25. The number of guanidine groups is 1. The van der Waals surface area contributed by atoms with Gasteiger partial charge in [-0.2, -0.15) is 0 Å². The lowest BCUT2D eigenvalue weighted by Crippen LogP contribution is -2.34. The second-order valence-electron chi connectivity index (χ2n) is 5.12. The van der Waals surface area contributed by atoms with E-state index in [2.05, 4.69) is 22.2 Å². The molecule has 2 rings (SSSR count). The second kappa shape index (κ2) is 8.52. The van der Waals surface area contributed by atoms with E-state index in [4.69, 9.17) is 28.9 Å². The van der Waals surface area contributed by atoms with Gasteiger partial charge in [-0.15, -0.1) is 11.3 Å². The van der Waals surface area contributed by atoms with Gasteiger partial charge in [0, 0.05) is 34.1 Å². The number of thiazole rings is 1. The molecule has 7 heteroatoms. The molecule has 0 radical (unpaired) electrons. The molecular weight excluding hydrogens is 351 g/mol. The van der Waals surface area contributed by atoms with Crippen molar-refractivity contribution < 1.29 is 0 Å². The van der Waals surface area contributed by atoms with Gasteiger partial charge in [-0.1, -0.05) is 36.2 Å². The highest BCUT2D eigenvalue weighted by molar-refractivity contribution is 7.11. The van der Waals surface area contributed by atoms with Crippen LogP contribution in [0.3, 0.4) is 0 Å². The summed E-state index contributed by atoms with van der Waals surface area (Å²) in [6, 6.07) is 5.37. The lowest BCUT2D eigenvalue weighted by molar-refractivity contribution is 0.707. The van der Waals surface area contributed by atoms with Crippen LogP contribution in [0.4, 0.5) is 0 Å². The molecule has 0 saturated heterocycles. The van der Waals surface area contributed by atoms with E-state index in [-0.39, 0.29) is 6.04 Å². The number of nitrogens with zero attached hydrogens (tertiary/aromatic N) is 2. The Balaban J connectivity index is 1.88. The maximum absolute atomic E-state index is 6.20. The van der Waals surface area contributed by atoms with Crippen LogP contribution in [-0.2, 0) is 12.8 Å². The van der Waals surface area contributed by atoms with E-state index in [1.807, 2.05) is 25.3 Å². The number of aliphatic imine (C=N–C) groups is 1. The summed E-state index contributed by atoms with van der Waals surface area (Å²) in [6.45, 7) is 4.71. The third kappa shape index (κ3) is 5.37. The van der Waals surface area contributed by atoms with Crippen molar-refractivity contribution in [3.8, 4) is 0 Å². The van der Waals surface area contributed by atoms with Crippen LogP contribution in [0.1, 0.15) is 35.3 Å². The molecule has 4 nitrogen and oxygen atoms in total. The van der Waals surface area contributed by atoms with E-state index in [9.17, 15) is 0 Å². The monoisotopic (exact) mass is 370 g/mol. The zero-order chi connectivity index (χ0) is 16.8. The molecule has 0 fully saturated rings. The third-order valence-corrected chi connectivity index (χ3v) is 5.11. The third-order valence-electron chi connectivity index (χ3n) is 3.35. The zero-order valence-corrected chi connectivity index (χ0v) is 15.5. The molecule has 0 spiro atoms. The molecule has 1 atom stereocenters. The van der Waals surface area contributed by atoms with Gasteiger partial charge in [0.2, 0.25) is 0 Å². The Morgan fingerprint density at radius 2 is 2.22 bits per heavy atom. The number of aromatic nitrogens is 1. The van der Waals surface area contributed by atoms with Crippen LogP contribution in [-0.4, -0.2) is 17.5 Å². The number of hydrogen-bond donors (Lipinski definition) is 2. The van der Waals surface area contributed by atoms with Crippen molar-refractivity contribution in [2.24, 2.45) is 10.7 Å². The van der Waals surface area contributed by atoms with Gasteiger partial charge in [-0.25, -0.2) is 4.98 Å². The van der Waals surface area contributed by atoms with Crippen LogP contribution in [0, 0.1) is 0 Å². The normalized spacial score (nSPS) is 13.1. The van der Waals surface area contributed by atoms with Crippen LogP contribution in [0.5, 0.6) is 0 Å². The van der Waals surface area contributed by atoms with Crippen LogP contribution < -0.4 is 11.1 Å². The van der Waals surface area contributed by atoms with Gasteiger partial charge in [-0.05, 0) is 31.0 Å². The quantitative estimate of drug-likeness (QED) is 0.590. The van der Waals surface area contributed by atoms with Crippen molar-refractivity contribution in [1.82, 2.24) is 10.3 Å². The number of hydrogen-bond acceptors (Lipinski definition) is 3. The minimum Gasteiger partial charge on any atom is -0.370 e. The molecule has 1 unspecified atom stereocenters. The highest BCUT2D eigenvalue weighted by atomic mass is 35.5. The lowest BCUT2D eigenvalue weighted by Gasteiger charge is -2.16. The van der Waals surface area contributed by atoms with E-state index in [0.717, 1.165) is 23.4 Å². The largest absolute Gasteiger partial charge is 0.370 e. The molecule has 1 aromatic carbocycles. The molecule has 0 aliphatic carbocycles. The average molecular weight is 371 g/mol. The smallest absolute Gasteiger partial charge is 0.189 e. The van der Waals surface area contributed by atoms with Gasteiger partial charge >= 0.3 is 0 Å². The number of rotatable bonds is 6. The zero-order valence-electron chi connectivity index (χ0n) is 13.1. The van der Waals surface area contributed by atoms with Gasteiger partial charge in [0.25, 0.3) is 0 Å². The van der Waals surface area contributed by atoms with Crippen molar-refractivity contribution in [2.75, 3.05) is 6.54 Å². The van der Waals surface area contributed by atoms with Crippen LogP contribution in [0.15, 0.2) is 29.4 Å². The standard InChI is InChI=1S/C16H20Cl2N4S/c1-3-12-9-21-15(23-12)6-7-20-16(19)22-10(2)13-5-4-11(17)8-14(13)18/h4-5,8-10H,3,6-7H2,1-2H3,(H3,19,20,22). The Morgan fingerprint density at radius 3 is 2.87 bits per heavy atom. The van der Waals surface area contributed by atoms with Gasteiger partial charge in [-0.3, -0.25) is 4.99 Å². The maximum Gasteiger partial charge on any atom is 0.189 e. The summed E-state index contributed by atoms with van der Waals surface area (Å²) in [5, 5.41) is 5.46. The molecule has 0 aliphatic heterocycles. The van der Waals surface area contributed by atoms with Crippen LogP contribution in [0.25, 0.3) is 0 Å². The summed E-state index contributed by atoms with van der Waals surface area (Å²) in [4.78, 5) is 10.0.